The van der Waals surface area contributed by atoms with Crippen LogP contribution < -0.4 is 0 Å². The summed E-state index contributed by atoms with van der Waals surface area (Å²) in [5, 5.41) is 2.78. The molecule has 0 unspecified atom stereocenters. The maximum absolute atomic E-state index is 11.1. The second-order valence-electron chi connectivity index (χ2n) is 3.08. The van der Waals surface area contributed by atoms with Gasteiger partial charge in [-0.2, -0.15) is 0 Å². The maximum Gasteiger partial charge on any atom is 0.357 e. The number of esters is 1. The minimum atomic E-state index is -0.344. The summed E-state index contributed by atoms with van der Waals surface area (Å²) in [7, 11) is 1.37. The van der Waals surface area contributed by atoms with Crippen LogP contribution in [0, 0.1) is 0 Å². The van der Waals surface area contributed by atoms with Gasteiger partial charge >= 0.3 is 5.97 Å². The normalized spacial score (nSPS) is 10.1. The highest BCUT2D eigenvalue weighted by molar-refractivity contribution is 7.09. The summed E-state index contributed by atoms with van der Waals surface area (Å²) in [6, 6.07) is 0. The lowest BCUT2D eigenvalue weighted by molar-refractivity contribution is 0.0594. The number of hydrogen-bond acceptors (Lipinski definition) is 4. The van der Waals surface area contributed by atoms with Crippen LogP contribution in [0.25, 0.3) is 0 Å². The van der Waals surface area contributed by atoms with Crippen molar-refractivity contribution in [3.05, 3.63) is 16.1 Å². The predicted octanol–water partition coefficient (Wildman–Crippen LogP) is 2.66. The van der Waals surface area contributed by atoms with Gasteiger partial charge < -0.3 is 4.74 Å². The van der Waals surface area contributed by atoms with E-state index in [1.165, 1.54) is 31.3 Å². The van der Waals surface area contributed by atoms with E-state index < -0.39 is 0 Å². The van der Waals surface area contributed by atoms with Gasteiger partial charge in [-0.05, 0) is 12.8 Å². The molecular formula is C10H15NO2S. The topological polar surface area (TPSA) is 39.2 Å². The molecular weight excluding hydrogens is 198 g/mol. The molecule has 14 heavy (non-hydrogen) atoms. The van der Waals surface area contributed by atoms with Gasteiger partial charge in [0.1, 0.15) is 0 Å². The molecule has 0 bridgehead atoms. The molecule has 0 aromatic carbocycles. The molecule has 0 radical (unpaired) electrons. The summed E-state index contributed by atoms with van der Waals surface area (Å²) in [5.74, 6) is -0.344. The van der Waals surface area contributed by atoms with Crippen LogP contribution in [0.2, 0.25) is 0 Å². The second-order valence-corrected chi connectivity index (χ2v) is 4.02. The molecule has 0 aliphatic heterocycles. The van der Waals surface area contributed by atoms with Gasteiger partial charge in [0, 0.05) is 5.38 Å². The summed E-state index contributed by atoms with van der Waals surface area (Å²) in [4.78, 5) is 15.3. The zero-order chi connectivity index (χ0) is 10.4. The van der Waals surface area contributed by atoms with Crippen LogP contribution in [0.1, 0.15) is 41.7 Å². The first-order valence-corrected chi connectivity index (χ1v) is 5.68. The Balaban J connectivity index is 2.46. The minimum absolute atomic E-state index is 0.344. The number of nitrogens with zero attached hydrogens (tertiary/aromatic N) is 1. The number of ether oxygens (including phenoxy) is 1. The molecule has 3 nitrogen and oxygen atoms in total. The van der Waals surface area contributed by atoms with Gasteiger partial charge in [-0.1, -0.05) is 19.8 Å². The zero-order valence-electron chi connectivity index (χ0n) is 8.58. The molecule has 0 N–H and O–H groups in total. The lowest BCUT2D eigenvalue weighted by Crippen LogP contribution is -2.01. The molecule has 1 rings (SSSR count). The van der Waals surface area contributed by atoms with Gasteiger partial charge in [-0.3, -0.25) is 0 Å². The van der Waals surface area contributed by atoms with Crippen molar-refractivity contribution in [1.29, 1.82) is 0 Å². The SMILES string of the molecule is CCCCCc1nc(C(=O)OC)cs1. The van der Waals surface area contributed by atoms with E-state index in [-0.39, 0.29) is 5.97 Å². The van der Waals surface area contributed by atoms with E-state index in [1.807, 2.05) is 0 Å². The zero-order valence-corrected chi connectivity index (χ0v) is 9.39. The van der Waals surface area contributed by atoms with Crippen molar-refractivity contribution < 1.29 is 9.53 Å². The molecule has 1 aromatic rings. The van der Waals surface area contributed by atoms with Crippen LogP contribution in [-0.4, -0.2) is 18.1 Å². The van der Waals surface area contributed by atoms with Crippen LogP contribution in [0.4, 0.5) is 0 Å². The summed E-state index contributed by atoms with van der Waals surface area (Å²) in [6.07, 6.45) is 4.53. The van der Waals surface area contributed by atoms with Crippen molar-refractivity contribution in [3.8, 4) is 0 Å². The lowest BCUT2D eigenvalue weighted by atomic mass is 10.2. The Morgan fingerprint density at radius 2 is 2.36 bits per heavy atom. The van der Waals surface area contributed by atoms with E-state index in [9.17, 15) is 4.79 Å². The molecule has 0 aliphatic rings. The Hall–Kier alpha value is -0.900. The number of hydrogen-bond donors (Lipinski definition) is 0. The van der Waals surface area contributed by atoms with E-state index in [1.54, 1.807) is 5.38 Å². The summed E-state index contributed by atoms with van der Waals surface area (Å²) >= 11 is 1.53. The van der Waals surface area contributed by atoms with Gasteiger partial charge in [0.15, 0.2) is 5.69 Å². The number of rotatable bonds is 5. The third kappa shape index (κ3) is 3.10. The first-order valence-electron chi connectivity index (χ1n) is 4.80. The van der Waals surface area contributed by atoms with Gasteiger partial charge in [0.05, 0.1) is 12.1 Å². The van der Waals surface area contributed by atoms with Crippen molar-refractivity contribution in [2.45, 2.75) is 32.6 Å². The number of aryl methyl sites for hydroxylation is 1. The average Bonchev–Trinajstić information content (AvgIpc) is 2.66. The Morgan fingerprint density at radius 3 is 3.00 bits per heavy atom. The van der Waals surface area contributed by atoms with E-state index in [0.29, 0.717) is 5.69 Å². The predicted molar refractivity (Wildman–Crippen MR) is 56.7 cm³/mol. The van der Waals surface area contributed by atoms with E-state index in [2.05, 4.69) is 16.6 Å². The van der Waals surface area contributed by atoms with Crippen LogP contribution in [0.15, 0.2) is 5.38 Å². The molecule has 1 heterocycles. The molecule has 0 fully saturated rings. The van der Waals surface area contributed by atoms with Crippen molar-refractivity contribution in [3.63, 3.8) is 0 Å². The van der Waals surface area contributed by atoms with Crippen molar-refractivity contribution in [2.75, 3.05) is 7.11 Å². The summed E-state index contributed by atoms with van der Waals surface area (Å²) in [6.45, 7) is 2.17. The Morgan fingerprint density at radius 1 is 1.57 bits per heavy atom. The fraction of sp³-hybridized carbons (Fsp3) is 0.600. The van der Waals surface area contributed by atoms with Gasteiger partial charge in [0.25, 0.3) is 0 Å². The van der Waals surface area contributed by atoms with Crippen LogP contribution in [0.5, 0.6) is 0 Å². The van der Waals surface area contributed by atoms with E-state index in [0.717, 1.165) is 17.8 Å². The fourth-order valence-electron chi connectivity index (χ4n) is 1.15. The highest BCUT2D eigenvalue weighted by Gasteiger charge is 2.09. The van der Waals surface area contributed by atoms with Crippen molar-refractivity contribution in [1.82, 2.24) is 4.98 Å². The molecule has 0 atom stereocenters. The first kappa shape index (κ1) is 11.2. The standard InChI is InChI=1S/C10H15NO2S/c1-3-4-5-6-9-11-8(7-14-9)10(12)13-2/h7H,3-6H2,1-2H3. The molecule has 78 valence electrons. The quantitative estimate of drug-likeness (QED) is 0.557. The number of carbonyl (C=O) groups is 1. The summed E-state index contributed by atoms with van der Waals surface area (Å²) < 4.78 is 4.58. The fourth-order valence-corrected chi connectivity index (χ4v) is 1.96. The van der Waals surface area contributed by atoms with E-state index >= 15 is 0 Å². The number of methoxy groups -OCH3 is 1. The molecule has 1 aromatic heterocycles. The highest BCUT2D eigenvalue weighted by Crippen LogP contribution is 2.13. The first-order chi connectivity index (χ1) is 6.77. The minimum Gasteiger partial charge on any atom is -0.464 e. The molecule has 0 amide bonds. The smallest absolute Gasteiger partial charge is 0.357 e. The molecule has 0 saturated carbocycles. The Bertz CT molecular complexity index is 296. The van der Waals surface area contributed by atoms with Crippen molar-refractivity contribution >= 4 is 17.3 Å². The Labute approximate surface area is 88.1 Å². The van der Waals surface area contributed by atoms with Gasteiger partial charge in [-0.15, -0.1) is 11.3 Å². The lowest BCUT2D eigenvalue weighted by Gasteiger charge is -1.94. The van der Waals surface area contributed by atoms with E-state index in [4.69, 9.17) is 0 Å². The van der Waals surface area contributed by atoms with Crippen LogP contribution >= 0.6 is 11.3 Å². The van der Waals surface area contributed by atoms with Crippen LogP contribution in [-0.2, 0) is 11.2 Å². The molecule has 4 heteroatoms. The molecule has 0 aliphatic carbocycles. The Kier molecular flexibility index (Phi) is 4.59. The maximum atomic E-state index is 11.1. The number of carbonyl (C=O) groups excluding carboxylic acids is 1. The third-order valence-electron chi connectivity index (χ3n) is 1.94. The van der Waals surface area contributed by atoms with Crippen LogP contribution in [0.3, 0.4) is 0 Å². The average molecular weight is 213 g/mol. The highest BCUT2D eigenvalue weighted by atomic mass is 32.1. The van der Waals surface area contributed by atoms with Gasteiger partial charge in [-0.25, -0.2) is 9.78 Å². The number of aromatic nitrogens is 1. The number of thiazole rings is 1. The monoisotopic (exact) mass is 213 g/mol. The van der Waals surface area contributed by atoms with Gasteiger partial charge in [0.2, 0.25) is 0 Å². The second kappa shape index (κ2) is 5.75. The van der Waals surface area contributed by atoms with Crippen molar-refractivity contribution in [2.24, 2.45) is 0 Å². The molecule has 0 spiro atoms. The summed E-state index contributed by atoms with van der Waals surface area (Å²) in [5.41, 5.74) is 0.434. The third-order valence-corrected chi connectivity index (χ3v) is 2.85. The molecule has 0 saturated heterocycles. The number of unbranched alkanes of at least 4 members (excludes halogenated alkanes) is 2. The largest absolute Gasteiger partial charge is 0.464 e.